The van der Waals surface area contributed by atoms with Crippen molar-refractivity contribution in [3.8, 4) is 11.1 Å². The quantitative estimate of drug-likeness (QED) is 0.438. The van der Waals surface area contributed by atoms with E-state index in [4.69, 9.17) is 11.3 Å². The van der Waals surface area contributed by atoms with E-state index in [-0.39, 0.29) is 35.8 Å². The molecule has 0 aliphatic heterocycles. The molecule has 96 valence electrons. The van der Waals surface area contributed by atoms with Crippen molar-refractivity contribution in [3.63, 3.8) is 0 Å². The molecule has 20 heavy (non-hydrogen) atoms. The van der Waals surface area contributed by atoms with E-state index >= 15 is 0 Å². The van der Waals surface area contributed by atoms with Crippen molar-refractivity contribution in [1.29, 1.82) is 0 Å². The first-order chi connectivity index (χ1) is 11.9. The molecule has 0 aliphatic rings. The molecular weight excluding hydrogens is 244 g/mol. The van der Waals surface area contributed by atoms with Gasteiger partial charge in [0.25, 0.3) is 0 Å². The molecular formula is C19H14O. The molecule has 0 unspecified atom stereocenters. The van der Waals surface area contributed by atoms with Gasteiger partial charge in [-0.05, 0) is 36.2 Å². The van der Waals surface area contributed by atoms with Crippen molar-refractivity contribution in [3.05, 3.63) is 72.2 Å². The third-order valence-corrected chi connectivity index (χ3v) is 3.42. The lowest BCUT2D eigenvalue weighted by Gasteiger charge is -2.03. The summed E-state index contributed by atoms with van der Waals surface area (Å²) in [7, 11) is 0. The van der Waals surface area contributed by atoms with E-state index in [1.54, 1.807) is 12.1 Å². The maximum atomic E-state index is 8.25. The average Bonchev–Trinajstić information content (AvgIpc) is 2.97. The topological polar surface area (TPSA) is 13.1 Å². The summed E-state index contributed by atoms with van der Waals surface area (Å²) in [5, 5.41) is 1.64. The number of benzene rings is 3. The van der Waals surface area contributed by atoms with Gasteiger partial charge in [-0.15, -0.1) is 0 Å². The van der Waals surface area contributed by atoms with E-state index in [1.165, 1.54) is 0 Å². The maximum absolute atomic E-state index is 8.25. The zero-order valence-electron chi connectivity index (χ0n) is 15.9. The van der Waals surface area contributed by atoms with Crippen LogP contribution in [0.3, 0.4) is 0 Å². The standard InChI is InChI=1S/C19H14O/c1-13-10-11-17-16(12-13)19-15(8-5-9-18(19)20-17)14-6-3-2-4-7-14/h2-12H,1H3/i2D,3D,4D,6D,7D. The Labute approximate surface area is 124 Å². The van der Waals surface area contributed by atoms with E-state index in [1.807, 2.05) is 31.2 Å². The molecule has 0 atom stereocenters. The highest BCUT2D eigenvalue weighted by molar-refractivity contribution is 6.12. The van der Waals surface area contributed by atoms with Gasteiger partial charge in [-0.25, -0.2) is 0 Å². The lowest BCUT2D eigenvalue weighted by Crippen LogP contribution is -1.79. The van der Waals surface area contributed by atoms with Gasteiger partial charge in [0.2, 0.25) is 0 Å². The maximum Gasteiger partial charge on any atom is 0.136 e. The molecule has 4 rings (SSSR count). The molecule has 0 aliphatic carbocycles. The van der Waals surface area contributed by atoms with Crippen molar-refractivity contribution in [1.82, 2.24) is 0 Å². The van der Waals surface area contributed by atoms with Gasteiger partial charge in [0.05, 0.1) is 6.85 Å². The molecule has 1 heterocycles. The van der Waals surface area contributed by atoms with Gasteiger partial charge in [-0.2, -0.15) is 0 Å². The van der Waals surface area contributed by atoms with E-state index in [0.29, 0.717) is 16.7 Å². The normalized spacial score (nSPS) is 14.8. The Hall–Kier alpha value is -2.54. The molecule has 0 amide bonds. The summed E-state index contributed by atoms with van der Waals surface area (Å²) in [4.78, 5) is 0. The predicted octanol–water partition coefficient (Wildman–Crippen LogP) is 5.56. The minimum absolute atomic E-state index is 0.195. The molecule has 0 saturated heterocycles. The van der Waals surface area contributed by atoms with Crippen molar-refractivity contribution in [2.75, 3.05) is 0 Å². The largest absolute Gasteiger partial charge is 0.456 e. The van der Waals surface area contributed by atoms with Gasteiger partial charge < -0.3 is 4.42 Å². The van der Waals surface area contributed by atoms with Gasteiger partial charge in [0, 0.05) is 10.8 Å². The number of rotatable bonds is 1. The van der Waals surface area contributed by atoms with Crippen LogP contribution in [0.4, 0.5) is 0 Å². The third-order valence-electron chi connectivity index (χ3n) is 3.42. The van der Waals surface area contributed by atoms with Gasteiger partial charge in [-0.1, -0.05) is 54.0 Å². The molecule has 4 aromatic rings. The fraction of sp³-hybridized carbons (Fsp3) is 0.0526. The molecule has 1 heteroatoms. The first-order valence-corrected chi connectivity index (χ1v) is 6.39. The van der Waals surface area contributed by atoms with Crippen LogP contribution < -0.4 is 0 Å². The molecule has 0 N–H and O–H groups in total. The van der Waals surface area contributed by atoms with Crippen LogP contribution in [0.15, 0.2) is 71.0 Å². The second-order valence-electron chi connectivity index (χ2n) is 4.78. The number of hydrogen-bond donors (Lipinski definition) is 0. The molecule has 0 bridgehead atoms. The second kappa shape index (κ2) is 4.24. The Morgan fingerprint density at radius 1 is 0.950 bits per heavy atom. The Morgan fingerprint density at radius 2 is 1.80 bits per heavy atom. The van der Waals surface area contributed by atoms with E-state index in [0.717, 1.165) is 16.3 Å². The zero-order valence-corrected chi connectivity index (χ0v) is 10.9. The van der Waals surface area contributed by atoms with Crippen LogP contribution in [0, 0.1) is 6.92 Å². The Morgan fingerprint density at radius 3 is 2.65 bits per heavy atom. The van der Waals surface area contributed by atoms with Gasteiger partial charge >= 0.3 is 0 Å². The van der Waals surface area contributed by atoms with E-state index in [2.05, 4.69) is 0 Å². The van der Waals surface area contributed by atoms with Crippen LogP contribution in [0.25, 0.3) is 33.1 Å². The summed E-state index contributed by atoms with van der Waals surface area (Å²) in [6, 6.07) is 9.71. The molecule has 0 saturated carbocycles. The van der Waals surface area contributed by atoms with Crippen LogP contribution in [-0.2, 0) is 0 Å². The summed E-state index contributed by atoms with van der Waals surface area (Å²) < 4.78 is 46.0. The molecule has 0 radical (unpaired) electrons. The van der Waals surface area contributed by atoms with Gasteiger partial charge in [-0.3, -0.25) is 0 Å². The Bertz CT molecular complexity index is 1130. The number of hydrogen-bond acceptors (Lipinski definition) is 1. The number of furan rings is 1. The minimum Gasteiger partial charge on any atom is -0.456 e. The molecule has 0 spiro atoms. The summed E-state index contributed by atoms with van der Waals surface area (Å²) in [6.45, 7) is 1.98. The third kappa shape index (κ3) is 1.64. The first-order valence-electron chi connectivity index (χ1n) is 8.89. The average molecular weight is 263 g/mol. The van der Waals surface area contributed by atoms with Crippen LogP contribution in [0.5, 0.6) is 0 Å². The van der Waals surface area contributed by atoms with Crippen LogP contribution in [0.2, 0.25) is 0 Å². The highest BCUT2D eigenvalue weighted by atomic mass is 16.3. The zero-order chi connectivity index (χ0) is 17.9. The fourth-order valence-corrected chi connectivity index (χ4v) is 2.53. The summed E-state index contributed by atoms with van der Waals surface area (Å²) in [5.41, 5.74) is 3.18. The van der Waals surface area contributed by atoms with Crippen molar-refractivity contribution >= 4 is 21.9 Å². The number of fused-ring (bicyclic) bond motifs is 3. The predicted molar refractivity (Wildman–Crippen MR) is 83.9 cm³/mol. The fourth-order valence-electron chi connectivity index (χ4n) is 2.53. The Kier molecular flexibility index (Phi) is 1.55. The van der Waals surface area contributed by atoms with E-state index in [9.17, 15) is 0 Å². The monoisotopic (exact) mass is 263 g/mol. The lowest BCUT2D eigenvalue weighted by atomic mass is 9.99. The number of aryl methyl sites for hydroxylation is 1. The van der Waals surface area contributed by atoms with Gasteiger partial charge in [0.1, 0.15) is 11.2 Å². The molecule has 0 fully saturated rings. The highest BCUT2D eigenvalue weighted by Crippen LogP contribution is 2.36. The van der Waals surface area contributed by atoms with Crippen molar-refractivity contribution < 1.29 is 11.3 Å². The van der Waals surface area contributed by atoms with Gasteiger partial charge in [0.15, 0.2) is 0 Å². The van der Waals surface area contributed by atoms with E-state index < -0.39 is 0 Å². The minimum atomic E-state index is -0.390. The molecule has 1 aromatic heterocycles. The Balaban J connectivity index is 2.20. The van der Waals surface area contributed by atoms with Crippen molar-refractivity contribution in [2.24, 2.45) is 0 Å². The van der Waals surface area contributed by atoms with Crippen LogP contribution in [0.1, 0.15) is 12.4 Å². The highest BCUT2D eigenvalue weighted by Gasteiger charge is 2.11. The first kappa shape index (κ1) is 7.30. The van der Waals surface area contributed by atoms with Crippen molar-refractivity contribution in [2.45, 2.75) is 6.92 Å². The van der Waals surface area contributed by atoms with Crippen LogP contribution >= 0.6 is 0 Å². The molecule has 3 aromatic carbocycles. The smallest absolute Gasteiger partial charge is 0.136 e. The summed E-state index contributed by atoms with van der Waals surface area (Å²) >= 11 is 0. The lowest BCUT2D eigenvalue weighted by molar-refractivity contribution is 0.669. The summed E-state index contributed by atoms with van der Waals surface area (Å²) in [6.07, 6.45) is 0. The van der Waals surface area contributed by atoms with Crippen LogP contribution in [-0.4, -0.2) is 0 Å². The SMILES string of the molecule is [2H]c1c([2H])c([2H])c(-c2cccc3oc4ccc(C)cc4c23)c([2H])c1[2H]. The second-order valence-corrected chi connectivity index (χ2v) is 4.78. The molecule has 1 nitrogen and oxygen atoms in total. The summed E-state index contributed by atoms with van der Waals surface area (Å²) in [5.74, 6) is 0.